The summed E-state index contributed by atoms with van der Waals surface area (Å²) in [5, 5.41) is 18.2. The number of sulfonamides is 1. The summed E-state index contributed by atoms with van der Waals surface area (Å²) in [6, 6.07) is -0.302. The van der Waals surface area contributed by atoms with Crippen LogP contribution in [-0.2, 0) is 19.6 Å². The topological polar surface area (TPSA) is 130 Å². The van der Waals surface area contributed by atoms with Crippen molar-refractivity contribution >= 4 is 38.4 Å². The molecule has 0 spiro atoms. The lowest BCUT2D eigenvalue weighted by atomic mass is 10.6. The van der Waals surface area contributed by atoms with E-state index in [1.54, 1.807) is 0 Å². The molecule has 0 radical (unpaired) electrons. The van der Waals surface area contributed by atoms with Gasteiger partial charge in [0, 0.05) is 13.0 Å². The first-order chi connectivity index (χ1) is 9.30. The van der Waals surface area contributed by atoms with Crippen molar-refractivity contribution in [2.45, 2.75) is 30.1 Å². The van der Waals surface area contributed by atoms with Gasteiger partial charge in [0.05, 0.1) is 0 Å². The number of hydrogen-bond acceptors (Lipinski definition) is 7. The highest BCUT2D eigenvalue weighted by Crippen LogP contribution is 2.33. The maximum atomic E-state index is 12.3. The number of nitrogens with one attached hydrogen (secondary N) is 1. The molecule has 9 nitrogen and oxygen atoms in total. The minimum Gasteiger partial charge on any atom is -0.480 e. The molecule has 1 amide bonds. The molecule has 1 fully saturated rings. The van der Waals surface area contributed by atoms with E-state index in [0.717, 1.165) is 4.31 Å². The van der Waals surface area contributed by atoms with Gasteiger partial charge in [-0.25, -0.2) is 8.42 Å². The van der Waals surface area contributed by atoms with Crippen LogP contribution in [0.2, 0.25) is 0 Å². The van der Waals surface area contributed by atoms with Gasteiger partial charge >= 0.3 is 5.97 Å². The number of aromatic nitrogens is 2. The van der Waals surface area contributed by atoms with Gasteiger partial charge in [-0.1, -0.05) is 11.3 Å². The van der Waals surface area contributed by atoms with Crippen LogP contribution in [0.1, 0.15) is 19.8 Å². The first-order valence-electron chi connectivity index (χ1n) is 5.65. The molecule has 0 atom stereocenters. The standard InChI is InChI=1S/C9H12N4O5S2/c1-5(14)10-8-11-12-9(19-8)20(17,18)13(4-7(15)16)6-2-3-6/h6H,2-4H2,1H3,(H,15,16)(H,10,11,14). The quantitative estimate of drug-likeness (QED) is 0.690. The van der Waals surface area contributed by atoms with Gasteiger partial charge in [0.25, 0.3) is 10.0 Å². The molecule has 2 N–H and O–H groups in total. The second-order valence-electron chi connectivity index (χ2n) is 4.23. The molecule has 1 aliphatic carbocycles. The molecule has 0 aliphatic heterocycles. The summed E-state index contributed by atoms with van der Waals surface area (Å²) in [6.07, 6.45) is 1.26. The lowest BCUT2D eigenvalue weighted by molar-refractivity contribution is -0.137. The number of nitrogens with zero attached hydrogens (tertiary/aromatic N) is 3. The zero-order valence-corrected chi connectivity index (χ0v) is 12.1. The normalized spacial score (nSPS) is 15.3. The Hall–Kier alpha value is -1.59. The molecule has 2 rings (SSSR count). The van der Waals surface area contributed by atoms with Crippen molar-refractivity contribution in [3.63, 3.8) is 0 Å². The average Bonchev–Trinajstić information content (AvgIpc) is 3.05. The Morgan fingerprint density at radius 2 is 2.10 bits per heavy atom. The highest BCUT2D eigenvalue weighted by molar-refractivity contribution is 7.91. The Labute approximate surface area is 118 Å². The summed E-state index contributed by atoms with van der Waals surface area (Å²) in [4.78, 5) is 21.6. The third-order valence-corrected chi connectivity index (χ3v) is 5.55. The fourth-order valence-electron chi connectivity index (χ4n) is 1.52. The van der Waals surface area contributed by atoms with Crippen LogP contribution in [0.25, 0.3) is 0 Å². The molecular formula is C9H12N4O5S2. The summed E-state index contributed by atoms with van der Waals surface area (Å²) in [5.41, 5.74) is 0. The van der Waals surface area contributed by atoms with Gasteiger partial charge in [-0.2, -0.15) is 4.31 Å². The largest absolute Gasteiger partial charge is 0.480 e. The van der Waals surface area contributed by atoms with E-state index in [9.17, 15) is 18.0 Å². The SMILES string of the molecule is CC(=O)Nc1nnc(S(=O)(=O)N(CC(=O)O)C2CC2)s1. The number of hydrogen-bond donors (Lipinski definition) is 2. The maximum Gasteiger partial charge on any atom is 0.318 e. The third kappa shape index (κ3) is 3.29. The molecule has 110 valence electrons. The van der Waals surface area contributed by atoms with Gasteiger partial charge < -0.3 is 10.4 Å². The van der Waals surface area contributed by atoms with Crippen LogP contribution < -0.4 is 5.32 Å². The molecule has 1 aromatic heterocycles. The van der Waals surface area contributed by atoms with Gasteiger partial charge in [0.2, 0.25) is 15.4 Å². The van der Waals surface area contributed by atoms with Gasteiger partial charge in [-0.3, -0.25) is 9.59 Å². The van der Waals surface area contributed by atoms with Crippen molar-refractivity contribution in [2.24, 2.45) is 0 Å². The lowest BCUT2D eigenvalue weighted by Gasteiger charge is -2.17. The van der Waals surface area contributed by atoms with Crippen molar-refractivity contribution in [1.29, 1.82) is 0 Å². The Morgan fingerprint density at radius 3 is 2.60 bits per heavy atom. The van der Waals surface area contributed by atoms with E-state index in [-0.39, 0.29) is 15.5 Å². The summed E-state index contributed by atoms with van der Waals surface area (Å²) in [5.74, 6) is -1.62. The van der Waals surface area contributed by atoms with E-state index < -0.39 is 28.4 Å². The minimum absolute atomic E-state index is 0.0575. The van der Waals surface area contributed by atoms with Gasteiger partial charge in [-0.05, 0) is 12.8 Å². The Balaban J connectivity index is 2.25. The second-order valence-corrected chi connectivity index (χ2v) is 7.27. The maximum absolute atomic E-state index is 12.3. The van der Waals surface area contributed by atoms with E-state index in [2.05, 4.69) is 15.5 Å². The van der Waals surface area contributed by atoms with Crippen molar-refractivity contribution in [2.75, 3.05) is 11.9 Å². The molecule has 1 saturated carbocycles. The summed E-state index contributed by atoms with van der Waals surface area (Å²) < 4.78 is 25.2. The number of carbonyl (C=O) groups is 2. The fraction of sp³-hybridized carbons (Fsp3) is 0.556. The number of rotatable bonds is 6. The molecule has 0 saturated heterocycles. The van der Waals surface area contributed by atoms with E-state index in [1.807, 2.05) is 0 Å². The lowest BCUT2D eigenvalue weighted by Crippen LogP contribution is -2.37. The highest BCUT2D eigenvalue weighted by Gasteiger charge is 2.41. The Morgan fingerprint density at radius 1 is 1.45 bits per heavy atom. The number of carboxylic acid groups (broad SMARTS) is 1. The van der Waals surface area contributed by atoms with Crippen LogP contribution in [0, 0.1) is 0 Å². The van der Waals surface area contributed by atoms with Crippen LogP contribution >= 0.6 is 11.3 Å². The van der Waals surface area contributed by atoms with Crippen molar-refractivity contribution < 1.29 is 23.1 Å². The zero-order valence-electron chi connectivity index (χ0n) is 10.4. The zero-order chi connectivity index (χ0) is 14.9. The summed E-state index contributed by atoms with van der Waals surface area (Å²) >= 11 is 0.692. The van der Waals surface area contributed by atoms with Crippen molar-refractivity contribution in [3.8, 4) is 0 Å². The van der Waals surface area contributed by atoms with E-state index in [1.165, 1.54) is 6.92 Å². The van der Waals surface area contributed by atoms with Gasteiger partial charge in [0.15, 0.2) is 0 Å². The van der Waals surface area contributed by atoms with Gasteiger partial charge in [-0.15, -0.1) is 10.2 Å². The molecule has 1 aromatic rings. The van der Waals surface area contributed by atoms with Crippen LogP contribution in [0.3, 0.4) is 0 Å². The number of anilines is 1. The van der Waals surface area contributed by atoms with Crippen molar-refractivity contribution in [1.82, 2.24) is 14.5 Å². The molecule has 11 heteroatoms. The molecule has 0 unspecified atom stereocenters. The monoisotopic (exact) mass is 320 g/mol. The van der Waals surface area contributed by atoms with Crippen LogP contribution in [0.4, 0.5) is 5.13 Å². The molecular weight excluding hydrogens is 308 g/mol. The van der Waals surface area contributed by atoms with Crippen molar-refractivity contribution in [3.05, 3.63) is 0 Å². The smallest absolute Gasteiger partial charge is 0.318 e. The van der Waals surface area contributed by atoms with Gasteiger partial charge in [0.1, 0.15) is 6.54 Å². The Kier molecular flexibility index (Phi) is 4.01. The van der Waals surface area contributed by atoms with E-state index in [0.29, 0.717) is 24.2 Å². The molecule has 1 heterocycles. The number of aliphatic carboxylic acids is 1. The molecule has 1 aliphatic rings. The van der Waals surface area contributed by atoms with E-state index in [4.69, 9.17) is 5.11 Å². The number of amides is 1. The van der Waals surface area contributed by atoms with E-state index >= 15 is 0 Å². The first kappa shape index (κ1) is 14.8. The molecule has 0 bridgehead atoms. The fourth-order valence-corrected chi connectivity index (χ4v) is 4.22. The Bertz CT molecular complexity index is 637. The molecule has 0 aromatic carbocycles. The second kappa shape index (κ2) is 5.42. The first-order valence-corrected chi connectivity index (χ1v) is 7.91. The minimum atomic E-state index is -4.00. The van der Waals surface area contributed by atoms with Crippen LogP contribution in [0.5, 0.6) is 0 Å². The number of carbonyl (C=O) groups excluding carboxylic acids is 1. The highest BCUT2D eigenvalue weighted by atomic mass is 32.2. The number of carboxylic acids is 1. The van der Waals surface area contributed by atoms with Crippen LogP contribution in [-0.4, -0.2) is 52.5 Å². The predicted molar refractivity (Wildman–Crippen MR) is 68.8 cm³/mol. The molecule has 20 heavy (non-hydrogen) atoms. The summed E-state index contributed by atoms with van der Waals surface area (Å²) in [6.45, 7) is 0.651. The third-order valence-electron chi connectivity index (χ3n) is 2.46. The predicted octanol–water partition coefficient (Wildman–Crippen LogP) is -0.266. The van der Waals surface area contributed by atoms with Crippen LogP contribution in [0.15, 0.2) is 4.34 Å². The summed E-state index contributed by atoms with van der Waals surface area (Å²) in [7, 11) is -4.00. The average molecular weight is 320 g/mol.